The molecule has 0 radical (unpaired) electrons. The molecule has 0 bridgehead atoms. The zero-order valence-corrected chi connectivity index (χ0v) is 11.9. The minimum Gasteiger partial charge on any atom is -0.365 e. The normalized spacial score (nSPS) is 21.8. The van der Waals surface area contributed by atoms with Crippen LogP contribution in [0, 0.1) is 5.92 Å². The summed E-state index contributed by atoms with van der Waals surface area (Å²) >= 11 is 0. The zero-order valence-electron chi connectivity index (χ0n) is 11.1. The van der Waals surface area contributed by atoms with Gasteiger partial charge in [0, 0.05) is 0 Å². The van der Waals surface area contributed by atoms with Crippen LogP contribution >= 0.6 is 0 Å². The number of fused-ring (bicyclic) bond motifs is 1. The number of hydrogen-bond acceptors (Lipinski definition) is 3. The van der Waals surface area contributed by atoms with Gasteiger partial charge in [0.1, 0.15) is 4.91 Å². The van der Waals surface area contributed by atoms with Crippen LogP contribution in [0.3, 0.4) is 0 Å². The first kappa shape index (κ1) is 13.4. The number of carbonyl (C=O) groups excluding carboxylic acids is 1. The van der Waals surface area contributed by atoms with Crippen molar-refractivity contribution < 1.29 is 13.2 Å². The molecule has 1 aromatic rings. The average molecular weight is 291 g/mol. The highest BCUT2D eigenvalue weighted by Gasteiger charge is 2.41. The number of allylic oxidation sites excluding steroid dienone is 1. The summed E-state index contributed by atoms with van der Waals surface area (Å²) in [7, 11) is -3.74. The van der Waals surface area contributed by atoms with E-state index in [1.807, 2.05) is 0 Å². The lowest BCUT2D eigenvalue weighted by Crippen LogP contribution is -2.21. The van der Waals surface area contributed by atoms with Crippen LogP contribution in [0.5, 0.6) is 0 Å². The van der Waals surface area contributed by atoms with Crippen molar-refractivity contribution >= 4 is 21.3 Å². The van der Waals surface area contributed by atoms with Crippen LogP contribution in [0.15, 0.2) is 34.1 Å². The largest absolute Gasteiger partial charge is 0.365 e. The van der Waals surface area contributed by atoms with E-state index in [0.717, 1.165) is 25.7 Å². The van der Waals surface area contributed by atoms with E-state index >= 15 is 0 Å². The smallest absolute Gasteiger partial charge is 0.260 e. The number of amides is 1. The van der Waals surface area contributed by atoms with E-state index in [9.17, 15) is 13.2 Å². The fraction of sp³-hybridized carbons (Fsp3) is 0.400. The van der Waals surface area contributed by atoms with Gasteiger partial charge in [-0.3, -0.25) is 4.79 Å². The molecule has 1 fully saturated rings. The van der Waals surface area contributed by atoms with Crippen LogP contribution in [0.2, 0.25) is 0 Å². The lowest BCUT2D eigenvalue weighted by atomic mass is 9.81. The van der Waals surface area contributed by atoms with Gasteiger partial charge < -0.3 is 5.73 Å². The fourth-order valence-corrected chi connectivity index (χ4v) is 5.14. The molecule has 1 saturated carbocycles. The summed E-state index contributed by atoms with van der Waals surface area (Å²) in [5.41, 5.74) is 6.71. The third-order valence-electron chi connectivity index (χ3n) is 4.22. The van der Waals surface area contributed by atoms with Crippen molar-refractivity contribution in [1.82, 2.24) is 0 Å². The van der Waals surface area contributed by atoms with Gasteiger partial charge in [0.15, 0.2) is 0 Å². The number of nitrogens with two attached hydrogens (primary N) is 1. The predicted octanol–water partition coefficient (Wildman–Crippen LogP) is 2.25. The molecule has 1 amide bonds. The Morgan fingerprint density at radius 2 is 1.75 bits per heavy atom. The summed E-state index contributed by atoms with van der Waals surface area (Å²) < 4.78 is 25.0. The minimum absolute atomic E-state index is 0.129. The second kappa shape index (κ2) is 4.74. The quantitative estimate of drug-likeness (QED) is 0.907. The van der Waals surface area contributed by atoms with Gasteiger partial charge in [-0.1, -0.05) is 37.5 Å². The maximum absolute atomic E-state index is 12.5. The lowest BCUT2D eigenvalue weighted by Gasteiger charge is -2.23. The summed E-state index contributed by atoms with van der Waals surface area (Å²) in [6.07, 6.45) is 5.17. The van der Waals surface area contributed by atoms with Crippen LogP contribution in [0.25, 0.3) is 5.57 Å². The first-order valence-electron chi connectivity index (χ1n) is 6.92. The monoisotopic (exact) mass is 291 g/mol. The van der Waals surface area contributed by atoms with Gasteiger partial charge in [-0.15, -0.1) is 0 Å². The SMILES string of the molecule is NC(=O)C1=C(C2CCCCC2)c2ccccc2S1(=O)=O. The molecule has 2 N–H and O–H groups in total. The Balaban J connectivity index is 2.24. The highest BCUT2D eigenvalue weighted by molar-refractivity contribution is 7.97. The highest BCUT2D eigenvalue weighted by atomic mass is 32.2. The van der Waals surface area contributed by atoms with E-state index in [4.69, 9.17) is 5.73 Å². The average Bonchev–Trinajstić information content (AvgIpc) is 2.68. The van der Waals surface area contributed by atoms with Crippen molar-refractivity contribution in [3.63, 3.8) is 0 Å². The summed E-state index contributed by atoms with van der Waals surface area (Å²) in [6, 6.07) is 6.83. The number of carbonyl (C=O) groups is 1. The Bertz CT molecular complexity index is 698. The van der Waals surface area contributed by atoms with E-state index in [2.05, 4.69) is 0 Å². The highest BCUT2D eigenvalue weighted by Crippen LogP contribution is 2.46. The summed E-state index contributed by atoms with van der Waals surface area (Å²) in [5, 5.41) is 0. The van der Waals surface area contributed by atoms with Gasteiger partial charge in [-0.2, -0.15) is 0 Å². The fourth-order valence-electron chi connectivity index (χ4n) is 3.36. The third kappa shape index (κ3) is 1.88. The molecule has 106 valence electrons. The molecule has 3 rings (SSSR count). The first-order valence-corrected chi connectivity index (χ1v) is 8.40. The Labute approximate surface area is 118 Å². The van der Waals surface area contributed by atoms with Crippen molar-refractivity contribution in [2.45, 2.75) is 37.0 Å². The van der Waals surface area contributed by atoms with Crippen molar-refractivity contribution in [3.8, 4) is 0 Å². The molecule has 2 aliphatic rings. The molecule has 0 spiro atoms. The second-order valence-corrected chi connectivity index (χ2v) is 7.30. The maximum Gasteiger partial charge on any atom is 0.260 e. The van der Waals surface area contributed by atoms with Crippen molar-refractivity contribution in [1.29, 1.82) is 0 Å². The Morgan fingerprint density at radius 1 is 1.10 bits per heavy atom. The van der Waals surface area contributed by atoms with E-state index in [1.54, 1.807) is 24.3 Å². The van der Waals surface area contributed by atoms with Gasteiger partial charge in [0.25, 0.3) is 5.91 Å². The molecule has 0 aromatic heterocycles. The number of sulfone groups is 1. The number of benzene rings is 1. The van der Waals surface area contributed by atoms with Crippen molar-refractivity contribution in [2.24, 2.45) is 11.7 Å². The molecule has 1 aliphatic heterocycles. The molecule has 1 heterocycles. The van der Waals surface area contributed by atoms with E-state index in [-0.39, 0.29) is 15.7 Å². The molecule has 4 nitrogen and oxygen atoms in total. The Kier molecular flexibility index (Phi) is 3.17. The van der Waals surface area contributed by atoms with E-state index in [1.165, 1.54) is 6.42 Å². The number of hydrogen-bond donors (Lipinski definition) is 1. The Morgan fingerprint density at radius 3 is 2.40 bits per heavy atom. The Hall–Kier alpha value is -1.62. The van der Waals surface area contributed by atoms with Crippen LogP contribution in [0.1, 0.15) is 37.7 Å². The minimum atomic E-state index is -3.74. The summed E-state index contributed by atoms with van der Waals surface area (Å²) in [4.78, 5) is 11.8. The van der Waals surface area contributed by atoms with Crippen molar-refractivity contribution in [2.75, 3.05) is 0 Å². The molecule has 5 heteroatoms. The van der Waals surface area contributed by atoms with Crippen LogP contribution in [0.4, 0.5) is 0 Å². The van der Waals surface area contributed by atoms with Gasteiger partial charge in [0.2, 0.25) is 9.84 Å². The van der Waals surface area contributed by atoms with Gasteiger partial charge in [-0.05, 0) is 36.0 Å². The van der Waals surface area contributed by atoms with Gasteiger partial charge in [0.05, 0.1) is 4.90 Å². The molecule has 1 aromatic carbocycles. The van der Waals surface area contributed by atoms with Crippen LogP contribution in [-0.2, 0) is 14.6 Å². The van der Waals surface area contributed by atoms with Gasteiger partial charge >= 0.3 is 0 Å². The van der Waals surface area contributed by atoms with E-state index in [0.29, 0.717) is 11.1 Å². The molecular weight excluding hydrogens is 274 g/mol. The summed E-state index contributed by atoms with van der Waals surface area (Å²) in [5.74, 6) is -0.702. The number of rotatable bonds is 2. The first-order chi connectivity index (χ1) is 9.53. The molecule has 1 aliphatic carbocycles. The second-order valence-electron chi connectivity index (χ2n) is 5.44. The number of primary amides is 1. The van der Waals surface area contributed by atoms with E-state index < -0.39 is 15.7 Å². The predicted molar refractivity (Wildman–Crippen MR) is 76.3 cm³/mol. The molecule has 0 atom stereocenters. The lowest BCUT2D eigenvalue weighted by molar-refractivity contribution is -0.113. The summed E-state index contributed by atoms with van der Waals surface area (Å²) in [6.45, 7) is 0. The van der Waals surface area contributed by atoms with Crippen molar-refractivity contribution in [3.05, 3.63) is 34.7 Å². The van der Waals surface area contributed by atoms with Crippen LogP contribution < -0.4 is 5.73 Å². The molecular formula is C15H17NO3S. The van der Waals surface area contributed by atoms with Crippen LogP contribution in [-0.4, -0.2) is 14.3 Å². The zero-order chi connectivity index (χ0) is 14.3. The molecule has 20 heavy (non-hydrogen) atoms. The molecule has 0 saturated heterocycles. The maximum atomic E-state index is 12.5. The van der Waals surface area contributed by atoms with Gasteiger partial charge in [-0.25, -0.2) is 8.42 Å². The standard InChI is InChI=1S/C15H17NO3S/c16-15(17)14-13(10-6-2-1-3-7-10)11-8-4-5-9-12(11)20(14,18)19/h4-5,8-10H,1-3,6-7H2,(H2,16,17). The topological polar surface area (TPSA) is 77.2 Å². The third-order valence-corrected chi connectivity index (χ3v) is 6.11. The molecule has 0 unspecified atom stereocenters.